The zero-order valence-corrected chi connectivity index (χ0v) is 13.0. The normalized spacial score (nSPS) is 10.8. The Morgan fingerprint density at radius 1 is 1.05 bits per heavy atom. The minimum Gasteiger partial charge on any atom is -0.309 e. The van der Waals surface area contributed by atoms with Crippen molar-refractivity contribution in [1.82, 2.24) is 5.32 Å². The molecule has 4 heteroatoms. The number of halogens is 3. The minimum atomic E-state index is -0.266. The standard InChI is InChI=1S/C16H16BrF2N/c1-10-6-12(7-11(2)16(10)19)8-20-9-13-4-3-5-14(18)15(13)17/h3-7,20H,8-9H2,1-2H3. The first-order valence-electron chi connectivity index (χ1n) is 6.38. The molecule has 0 saturated carbocycles. The summed E-state index contributed by atoms with van der Waals surface area (Å²) in [6.07, 6.45) is 0. The Bertz CT molecular complexity index is 603. The largest absolute Gasteiger partial charge is 0.309 e. The van der Waals surface area contributed by atoms with Crippen molar-refractivity contribution in [2.75, 3.05) is 0 Å². The molecule has 2 rings (SSSR count). The van der Waals surface area contributed by atoms with E-state index < -0.39 is 0 Å². The zero-order chi connectivity index (χ0) is 14.7. The van der Waals surface area contributed by atoms with Gasteiger partial charge in [0.05, 0.1) is 4.47 Å². The summed E-state index contributed by atoms with van der Waals surface area (Å²) in [7, 11) is 0. The fourth-order valence-electron chi connectivity index (χ4n) is 2.16. The number of hydrogen-bond donors (Lipinski definition) is 1. The molecule has 1 nitrogen and oxygen atoms in total. The van der Waals surface area contributed by atoms with Gasteiger partial charge in [-0.15, -0.1) is 0 Å². The molecule has 2 aromatic rings. The van der Waals surface area contributed by atoms with E-state index in [1.54, 1.807) is 19.9 Å². The van der Waals surface area contributed by atoms with Crippen LogP contribution in [0.5, 0.6) is 0 Å². The van der Waals surface area contributed by atoms with Crippen LogP contribution < -0.4 is 5.32 Å². The lowest BCUT2D eigenvalue weighted by molar-refractivity contribution is 0.604. The van der Waals surface area contributed by atoms with Crippen molar-refractivity contribution >= 4 is 15.9 Å². The Hall–Kier alpha value is -1.26. The van der Waals surface area contributed by atoms with Crippen molar-refractivity contribution in [3.05, 3.63) is 68.7 Å². The lowest BCUT2D eigenvalue weighted by Crippen LogP contribution is -2.13. The monoisotopic (exact) mass is 339 g/mol. The van der Waals surface area contributed by atoms with E-state index in [1.165, 1.54) is 6.07 Å². The van der Waals surface area contributed by atoms with Crippen molar-refractivity contribution in [3.63, 3.8) is 0 Å². The lowest BCUT2D eigenvalue weighted by Gasteiger charge is -2.10. The molecule has 0 saturated heterocycles. The Kier molecular flexibility index (Phi) is 4.89. The summed E-state index contributed by atoms with van der Waals surface area (Å²) in [5, 5.41) is 3.24. The second kappa shape index (κ2) is 6.46. The van der Waals surface area contributed by atoms with E-state index in [-0.39, 0.29) is 11.6 Å². The number of rotatable bonds is 4. The third-order valence-corrected chi connectivity index (χ3v) is 4.06. The molecule has 0 spiro atoms. The van der Waals surface area contributed by atoms with Gasteiger partial charge >= 0.3 is 0 Å². The molecular weight excluding hydrogens is 324 g/mol. The third kappa shape index (κ3) is 3.44. The zero-order valence-electron chi connectivity index (χ0n) is 11.4. The van der Waals surface area contributed by atoms with Crippen LogP contribution in [-0.2, 0) is 13.1 Å². The summed E-state index contributed by atoms with van der Waals surface area (Å²) in [4.78, 5) is 0. The molecule has 0 amide bonds. The van der Waals surface area contributed by atoms with E-state index in [1.807, 2.05) is 18.2 Å². The highest BCUT2D eigenvalue weighted by Crippen LogP contribution is 2.20. The molecule has 0 unspecified atom stereocenters. The van der Waals surface area contributed by atoms with Crippen molar-refractivity contribution in [3.8, 4) is 0 Å². The Morgan fingerprint density at radius 2 is 1.70 bits per heavy atom. The Morgan fingerprint density at radius 3 is 2.35 bits per heavy atom. The molecule has 2 aromatic carbocycles. The van der Waals surface area contributed by atoms with Gasteiger partial charge in [0.25, 0.3) is 0 Å². The van der Waals surface area contributed by atoms with E-state index >= 15 is 0 Å². The molecule has 0 aliphatic carbocycles. The fraction of sp³-hybridized carbons (Fsp3) is 0.250. The average molecular weight is 340 g/mol. The highest BCUT2D eigenvalue weighted by molar-refractivity contribution is 9.10. The summed E-state index contributed by atoms with van der Waals surface area (Å²) < 4.78 is 27.4. The smallest absolute Gasteiger partial charge is 0.137 e. The summed E-state index contributed by atoms with van der Waals surface area (Å²) in [6.45, 7) is 4.68. The number of nitrogens with one attached hydrogen (secondary N) is 1. The predicted molar refractivity (Wildman–Crippen MR) is 80.5 cm³/mol. The third-order valence-electron chi connectivity index (χ3n) is 3.17. The molecule has 0 aliphatic rings. The lowest BCUT2D eigenvalue weighted by atomic mass is 10.1. The molecule has 106 valence electrons. The first-order valence-corrected chi connectivity index (χ1v) is 7.17. The molecule has 0 atom stereocenters. The SMILES string of the molecule is Cc1cc(CNCc2cccc(F)c2Br)cc(C)c1F. The van der Waals surface area contributed by atoms with Gasteiger partial charge in [0.2, 0.25) is 0 Å². The van der Waals surface area contributed by atoms with Crippen LogP contribution in [0.15, 0.2) is 34.8 Å². The average Bonchev–Trinajstić information content (AvgIpc) is 2.41. The summed E-state index contributed by atoms with van der Waals surface area (Å²) >= 11 is 3.23. The molecule has 1 N–H and O–H groups in total. The summed E-state index contributed by atoms with van der Waals surface area (Å²) in [6, 6.07) is 8.62. The number of aryl methyl sites for hydroxylation is 2. The maximum atomic E-state index is 13.5. The Balaban J connectivity index is 2.01. The molecule has 0 radical (unpaired) electrons. The second-order valence-corrected chi connectivity index (χ2v) is 5.65. The topological polar surface area (TPSA) is 12.0 Å². The number of benzene rings is 2. The van der Waals surface area contributed by atoms with Crippen LogP contribution in [0.25, 0.3) is 0 Å². The van der Waals surface area contributed by atoms with Crippen molar-refractivity contribution in [2.45, 2.75) is 26.9 Å². The van der Waals surface area contributed by atoms with Gasteiger partial charge in [-0.25, -0.2) is 8.78 Å². The second-order valence-electron chi connectivity index (χ2n) is 4.86. The Labute approximate surface area is 126 Å². The molecule has 0 bridgehead atoms. The quantitative estimate of drug-likeness (QED) is 0.855. The van der Waals surface area contributed by atoms with Crippen LogP contribution in [0.1, 0.15) is 22.3 Å². The van der Waals surface area contributed by atoms with Crippen LogP contribution in [-0.4, -0.2) is 0 Å². The van der Waals surface area contributed by atoms with E-state index in [0.717, 1.165) is 11.1 Å². The molecular formula is C16H16BrF2N. The maximum absolute atomic E-state index is 13.5. The van der Waals surface area contributed by atoms with Crippen LogP contribution in [0, 0.1) is 25.5 Å². The maximum Gasteiger partial charge on any atom is 0.137 e. The minimum absolute atomic E-state index is 0.151. The van der Waals surface area contributed by atoms with Gasteiger partial charge in [-0.2, -0.15) is 0 Å². The van der Waals surface area contributed by atoms with Crippen molar-refractivity contribution < 1.29 is 8.78 Å². The molecule has 0 fully saturated rings. The highest BCUT2D eigenvalue weighted by Gasteiger charge is 2.06. The van der Waals surface area contributed by atoms with Crippen molar-refractivity contribution in [2.24, 2.45) is 0 Å². The van der Waals surface area contributed by atoms with Gasteiger partial charge in [-0.1, -0.05) is 24.3 Å². The number of hydrogen-bond acceptors (Lipinski definition) is 1. The van der Waals surface area contributed by atoms with Gasteiger partial charge in [-0.3, -0.25) is 0 Å². The molecule has 0 heterocycles. The molecule has 20 heavy (non-hydrogen) atoms. The highest BCUT2D eigenvalue weighted by atomic mass is 79.9. The van der Waals surface area contributed by atoms with Gasteiger partial charge in [-0.05, 0) is 58.1 Å². The molecule has 0 aromatic heterocycles. The summed E-state index contributed by atoms with van der Waals surface area (Å²) in [5.74, 6) is -0.417. The van der Waals surface area contributed by atoms with Gasteiger partial charge < -0.3 is 5.32 Å². The first-order chi connectivity index (χ1) is 9.49. The van der Waals surface area contributed by atoms with E-state index in [4.69, 9.17) is 0 Å². The van der Waals surface area contributed by atoms with Gasteiger partial charge in [0.15, 0.2) is 0 Å². The first kappa shape index (κ1) is 15.1. The van der Waals surface area contributed by atoms with Crippen LogP contribution in [0.4, 0.5) is 8.78 Å². The van der Waals surface area contributed by atoms with E-state index in [0.29, 0.717) is 28.7 Å². The van der Waals surface area contributed by atoms with E-state index in [2.05, 4.69) is 21.2 Å². The van der Waals surface area contributed by atoms with Crippen LogP contribution in [0.2, 0.25) is 0 Å². The van der Waals surface area contributed by atoms with Crippen LogP contribution >= 0.6 is 15.9 Å². The fourth-order valence-corrected chi connectivity index (χ4v) is 2.57. The van der Waals surface area contributed by atoms with Crippen LogP contribution in [0.3, 0.4) is 0 Å². The van der Waals surface area contributed by atoms with E-state index in [9.17, 15) is 8.78 Å². The predicted octanol–water partition coefficient (Wildman–Crippen LogP) is 4.63. The van der Waals surface area contributed by atoms with Gasteiger partial charge in [0.1, 0.15) is 11.6 Å². The summed E-state index contributed by atoms with van der Waals surface area (Å²) in [5.41, 5.74) is 3.18. The molecule has 0 aliphatic heterocycles. The van der Waals surface area contributed by atoms with Gasteiger partial charge in [0, 0.05) is 13.1 Å². The van der Waals surface area contributed by atoms with Crippen molar-refractivity contribution in [1.29, 1.82) is 0 Å².